The molecule has 2 N–H and O–H groups in total. The maximum Gasteiger partial charge on any atom is 0.335 e. The van der Waals surface area contributed by atoms with Crippen molar-refractivity contribution in [1.29, 1.82) is 5.26 Å². The molecule has 1 amide bonds. The predicted octanol–water partition coefficient (Wildman–Crippen LogP) is 4.74. The zero-order valence-corrected chi connectivity index (χ0v) is 16.5. The second kappa shape index (κ2) is 8.93. The van der Waals surface area contributed by atoms with Crippen LogP contribution in [-0.2, 0) is 4.79 Å². The van der Waals surface area contributed by atoms with Crippen LogP contribution in [0.5, 0.6) is 0 Å². The van der Waals surface area contributed by atoms with Gasteiger partial charge in [-0.2, -0.15) is 5.26 Å². The lowest BCUT2D eigenvalue weighted by molar-refractivity contribution is -0.117. The second-order valence-electron chi connectivity index (χ2n) is 6.81. The zero-order chi connectivity index (χ0) is 21.7. The quantitative estimate of drug-likeness (QED) is 0.460. The van der Waals surface area contributed by atoms with Crippen molar-refractivity contribution < 1.29 is 19.1 Å². The van der Waals surface area contributed by atoms with Crippen molar-refractivity contribution >= 4 is 18.0 Å². The molecule has 0 unspecified atom stereocenters. The van der Waals surface area contributed by atoms with Crippen molar-refractivity contribution in [2.24, 2.45) is 0 Å². The third kappa shape index (κ3) is 4.65. The van der Waals surface area contributed by atoms with Gasteiger partial charge in [-0.25, -0.2) is 4.79 Å². The third-order valence-electron chi connectivity index (χ3n) is 4.66. The Kier molecular flexibility index (Phi) is 6.14. The first-order valence-corrected chi connectivity index (χ1v) is 9.31. The average molecular weight is 400 g/mol. The summed E-state index contributed by atoms with van der Waals surface area (Å²) in [6.07, 6.45) is 1.39. The highest BCUT2D eigenvalue weighted by Gasteiger charge is 2.15. The molecular formula is C24H20N2O4. The van der Waals surface area contributed by atoms with Crippen molar-refractivity contribution in [3.63, 3.8) is 0 Å². The number of rotatable bonds is 6. The standard InChI is InChI=1S/C24H20N2O4/c1-15-12-18(24(28)29)8-10-21(15)22-11-9-20(30-22)13-19(14-25)23(27)26-16(2)17-6-4-3-5-7-17/h3-13,16H,1-2H3,(H,26,27)(H,28,29)/b19-13-/t16-/m0/s1. The Labute approximate surface area is 174 Å². The van der Waals surface area contributed by atoms with Gasteiger partial charge in [0.2, 0.25) is 0 Å². The largest absolute Gasteiger partial charge is 0.478 e. The van der Waals surface area contributed by atoms with Crippen LogP contribution in [0, 0.1) is 18.3 Å². The number of aryl methyl sites for hydroxylation is 1. The van der Waals surface area contributed by atoms with Crippen LogP contribution in [0.15, 0.2) is 70.7 Å². The van der Waals surface area contributed by atoms with E-state index in [0.29, 0.717) is 11.5 Å². The van der Waals surface area contributed by atoms with E-state index in [2.05, 4.69) is 5.32 Å². The van der Waals surface area contributed by atoms with Gasteiger partial charge in [-0.05, 0) is 49.2 Å². The second-order valence-corrected chi connectivity index (χ2v) is 6.81. The summed E-state index contributed by atoms with van der Waals surface area (Å²) in [6.45, 7) is 3.63. The first-order chi connectivity index (χ1) is 14.4. The molecule has 0 fully saturated rings. The minimum atomic E-state index is -0.998. The van der Waals surface area contributed by atoms with Gasteiger partial charge >= 0.3 is 5.97 Å². The summed E-state index contributed by atoms with van der Waals surface area (Å²) in [5, 5.41) is 21.3. The van der Waals surface area contributed by atoms with Crippen molar-refractivity contribution in [1.82, 2.24) is 5.32 Å². The molecule has 0 aliphatic rings. The number of nitriles is 1. The smallest absolute Gasteiger partial charge is 0.335 e. The highest BCUT2D eigenvalue weighted by molar-refractivity contribution is 6.01. The number of amides is 1. The predicted molar refractivity (Wildman–Crippen MR) is 112 cm³/mol. The summed E-state index contributed by atoms with van der Waals surface area (Å²) < 4.78 is 5.77. The minimum absolute atomic E-state index is 0.0726. The van der Waals surface area contributed by atoms with Gasteiger partial charge in [-0.1, -0.05) is 36.4 Å². The number of hydrogen-bond donors (Lipinski definition) is 2. The maximum absolute atomic E-state index is 12.5. The zero-order valence-electron chi connectivity index (χ0n) is 16.5. The lowest BCUT2D eigenvalue weighted by Gasteiger charge is -2.13. The van der Waals surface area contributed by atoms with Gasteiger partial charge in [-0.3, -0.25) is 4.79 Å². The van der Waals surface area contributed by atoms with Crippen LogP contribution in [0.4, 0.5) is 0 Å². The molecule has 1 atom stereocenters. The van der Waals surface area contributed by atoms with Crippen molar-refractivity contribution in [2.75, 3.05) is 0 Å². The molecule has 6 nitrogen and oxygen atoms in total. The molecule has 0 spiro atoms. The molecule has 150 valence electrons. The van der Waals surface area contributed by atoms with Crippen LogP contribution in [0.2, 0.25) is 0 Å². The number of furan rings is 1. The van der Waals surface area contributed by atoms with E-state index in [1.807, 2.05) is 43.3 Å². The highest BCUT2D eigenvalue weighted by Crippen LogP contribution is 2.27. The minimum Gasteiger partial charge on any atom is -0.478 e. The normalized spacial score (nSPS) is 12.1. The summed E-state index contributed by atoms with van der Waals surface area (Å²) in [5.41, 5.74) is 2.54. The van der Waals surface area contributed by atoms with E-state index in [1.165, 1.54) is 12.1 Å². The van der Waals surface area contributed by atoms with E-state index < -0.39 is 11.9 Å². The number of hydrogen-bond acceptors (Lipinski definition) is 4. The summed E-state index contributed by atoms with van der Waals surface area (Å²) >= 11 is 0. The van der Waals surface area contributed by atoms with Crippen LogP contribution in [-0.4, -0.2) is 17.0 Å². The fraction of sp³-hybridized carbons (Fsp3) is 0.125. The van der Waals surface area contributed by atoms with Gasteiger partial charge in [0.05, 0.1) is 11.6 Å². The molecular weight excluding hydrogens is 380 g/mol. The van der Waals surface area contributed by atoms with Crippen molar-refractivity contribution in [2.45, 2.75) is 19.9 Å². The van der Waals surface area contributed by atoms with Gasteiger partial charge in [0.1, 0.15) is 23.2 Å². The summed E-state index contributed by atoms with van der Waals surface area (Å²) in [6, 6.07) is 19.2. The number of carbonyl (C=O) groups excluding carboxylic acids is 1. The van der Waals surface area contributed by atoms with Crippen LogP contribution in [0.25, 0.3) is 17.4 Å². The van der Waals surface area contributed by atoms with Gasteiger partial charge in [0, 0.05) is 11.6 Å². The van der Waals surface area contributed by atoms with Crippen LogP contribution in [0.1, 0.15) is 40.2 Å². The van der Waals surface area contributed by atoms with E-state index in [-0.39, 0.29) is 17.2 Å². The van der Waals surface area contributed by atoms with E-state index in [0.717, 1.165) is 16.7 Å². The van der Waals surface area contributed by atoms with Crippen molar-refractivity contribution in [3.05, 3.63) is 88.7 Å². The molecule has 1 heterocycles. The first-order valence-electron chi connectivity index (χ1n) is 9.31. The Morgan fingerprint density at radius 2 is 1.87 bits per heavy atom. The van der Waals surface area contributed by atoms with Gasteiger partial charge < -0.3 is 14.8 Å². The van der Waals surface area contributed by atoms with Gasteiger partial charge in [0.25, 0.3) is 5.91 Å². The Morgan fingerprint density at radius 3 is 2.50 bits per heavy atom. The lowest BCUT2D eigenvalue weighted by Crippen LogP contribution is -2.27. The lowest BCUT2D eigenvalue weighted by atomic mass is 10.0. The average Bonchev–Trinajstić information content (AvgIpc) is 3.20. The molecule has 6 heteroatoms. The molecule has 2 aromatic carbocycles. The Hall–Kier alpha value is -4.11. The fourth-order valence-electron chi connectivity index (χ4n) is 3.04. The topological polar surface area (TPSA) is 103 Å². The highest BCUT2D eigenvalue weighted by atomic mass is 16.4. The molecule has 0 aliphatic heterocycles. The SMILES string of the molecule is Cc1cc(C(=O)O)ccc1-c1ccc(/C=C(/C#N)C(=O)N[C@@H](C)c2ccccc2)o1. The van der Waals surface area contributed by atoms with Gasteiger partial charge in [-0.15, -0.1) is 0 Å². The molecule has 0 saturated heterocycles. The van der Waals surface area contributed by atoms with E-state index in [9.17, 15) is 14.9 Å². The number of carboxylic acid groups (broad SMARTS) is 1. The number of benzene rings is 2. The van der Waals surface area contributed by atoms with Crippen LogP contribution in [0.3, 0.4) is 0 Å². The number of carbonyl (C=O) groups is 2. The molecule has 1 aromatic heterocycles. The van der Waals surface area contributed by atoms with Crippen LogP contribution >= 0.6 is 0 Å². The number of nitrogens with zero attached hydrogens (tertiary/aromatic N) is 1. The van der Waals surface area contributed by atoms with E-state index >= 15 is 0 Å². The number of nitrogens with one attached hydrogen (secondary N) is 1. The summed E-state index contributed by atoms with van der Waals surface area (Å²) in [4.78, 5) is 23.6. The first kappa shape index (κ1) is 20.6. The Bertz CT molecular complexity index is 1150. The molecule has 0 saturated carbocycles. The molecule has 30 heavy (non-hydrogen) atoms. The van der Waals surface area contributed by atoms with E-state index in [4.69, 9.17) is 9.52 Å². The molecule has 0 aliphatic carbocycles. The molecule has 3 aromatic rings. The van der Waals surface area contributed by atoms with E-state index in [1.54, 1.807) is 31.2 Å². The Morgan fingerprint density at radius 1 is 1.13 bits per heavy atom. The molecule has 0 radical (unpaired) electrons. The van der Waals surface area contributed by atoms with Crippen LogP contribution < -0.4 is 5.32 Å². The number of aromatic carboxylic acids is 1. The fourth-order valence-corrected chi connectivity index (χ4v) is 3.04. The molecule has 3 rings (SSSR count). The summed E-state index contributed by atoms with van der Waals surface area (Å²) in [5.74, 6) is -0.618. The Balaban J connectivity index is 1.79. The summed E-state index contributed by atoms with van der Waals surface area (Å²) in [7, 11) is 0. The number of carboxylic acids is 1. The third-order valence-corrected chi connectivity index (χ3v) is 4.66. The van der Waals surface area contributed by atoms with Crippen molar-refractivity contribution in [3.8, 4) is 17.4 Å². The molecule has 0 bridgehead atoms. The van der Waals surface area contributed by atoms with Gasteiger partial charge in [0.15, 0.2) is 0 Å². The monoisotopic (exact) mass is 400 g/mol. The maximum atomic E-state index is 12.5.